The molecule has 1 amide bonds. The third-order valence-electron chi connectivity index (χ3n) is 3.66. The Morgan fingerprint density at radius 2 is 2.33 bits per heavy atom. The maximum Gasteiger partial charge on any atom is 0.229 e. The van der Waals surface area contributed by atoms with Crippen molar-refractivity contribution in [1.29, 1.82) is 0 Å². The van der Waals surface area contributed by atoms with E-state index in [1.807, 2.05) is 0 Å². The van der Waals surface area contributed by atoms with Gasteiger partial charge in [-0.05, 0) is 19.3 Å². The Morgan fingerprint density at radius 1 is 1.50 bits per heavy atom. The number of aliphatic hydroxyl groups excluding tert-OH is 1. The normalized spacial score (nSPS) is 27.7. The predicted octanol–water partition coefficient (Wildman–Crippen LogP) is 0.304. The number of hydrogen-bond donors (Lipinski definition) is 2. The van der Waals surface area contributed by atoms with Crippen LogP contribution in [0.5, 0.6) is 0 Å². The molecule has 2 atom stereocenters. The minimum absolute atomic E-state index is 0.0562. The number of aryl methyl sites for hydroxylation is 1. The van der Waals surface area contributed by atoms with E-state index in [2.05, 4.69) is 4.98 Å². The number of aliphatic hydroxyl groups is 1. The van der Waals surface area contributed by atoms with Gasteiger partial charge in [-0.1, -0.05) is 0 Å². The Hall–Kier alpha value is -0.980. The number of thiazole rings is 1. The highest BCUT2D eigenvalue weighted by atomic mass is 32.1. The second kappa shape index (κ2) is 4.60. The number of aromatic nitrogens is 1. The summed E-state index contributed by atoms with van der Waals surface area (Å²) in [4.78, 5) is 19.4. The van der Waals surface area contributed by atoms with Crippen LogP contribution in [0.3, 0.4) is 0 Å². The quantitative estimate of drug-likeness (QED) is 0.808. The lowest BCUT2D eigenvalue weighted by Crippen LogP contribution is -2.27. The second-order valence-corrected chi connectivity index (χ2v) is 6.19. The topological polar surface area (TPSA) is 79.4 Å². The van der Waals surface area contributed by atoms with E-state index in [0.29, 0.717) is 13.0 Å². The van der Waals surface area contributed by atoms with Crippen molar-refractivity contribution in [3.8, 4) is 0 Å². The van der Waals surface area contributed by atoms with Gasteiger partial charge in [-0.25, -0.2) is 4.98 Å². The Balaban J connectivity index is 1.83. The third kappa shape index (κ3) is 2.04. The van der Waals surface area contributed by atoms with Crippen molar-refractivity contribution in [2.75, 3.05) is 18.1 Å². The van der Waals surface area contributed by atoms with Crippen LogP contribution < -0.4 is 10.6 Å². The van der Waals surface area contributed by atoms with Crippen molar-refractivity contribution < 1.29 is 9.90 Å². The Labute approximate surface area is 110 Å². The second-order valence-electron chi connectivity index (χ2n) is 5.13. The summed E-state index contributed by atoms with van der Waals surface area (Å²) in [6, 6.07) is 0.227. The van der Waals surface area contributed by atoms with Gasteiger partial charge in [-0.3, -0.25) is 9.69 Å². The number of carbonyl (C=O) groups is 1. The predicted molar refractivity (Wildman–Crippen MR) is 69.7 cm³/mol. The molecule has 1 aliphatic carbocycles. The van der Waals surface area contributed by atoms with Gasteiger partial charge < -0.3 is 10.8 Å². The zero-order valence-electron chi connectivity index (χ0n) is 10.1. The van der Waals surface area contributed by atoms with E-state index in [9.17, 15) is 4.79 Å². The molecule has 0 aromatic carbocycles. The molecule has 3 rings (SSSR count). The molecule has 18 heavy (non-hydrogen) atoms. The number of nitrogens with two attached hydrogens (primary N) is 1. The molecule has 1 fully saturated rings. The number of anilines is 1. The summed E-state index contributed by atoms with van der Waals surface area (Å²) in [6.45, 7) is 0.659. The molecule has 98 valence electrons. The first-order valence-electron chi connectivity index (χ1n) is 6.32. The standard InChI is InChI=1S/C12H17N3O2S/c13-8-1-2-9-10(4-8)18-12(14-9)15-5-7(6-16)3-11(15)17/h7-8,16H,1-6,13H2/t7?,8-/m0/s1. The zero-order valence-corrected chi connectivity index (χ0v) is 10.9. The van der Waals surface area contributed by atoms with Crippen LogP contribution in [0.4, 0.5) is 5.13 Å². The average molecular weight is 267 g/mol. The van der Waals surface area contributed by atoms with Crippen LogP contribution in [0.1, 0.15) is 23.4 Å². The molecule has 1 unspecified atom stereocenters. The minimum Gasteiger partial charge on any atom is -0.396 e. The van der Waals surface area contributed by atoms with E-state index in [0.717, 1.165) is 30.1 Å². The molecular weight excluding hydrogens is 250 g/mol. The molecule has 0 radical (unpaired) electrons. The van der Waals surface area contributed by atoms with Crippen LogP contribution >= 0.6 is 11.3 Å². The number of amides is 1. The fraction of sp³-hybridized carbons (Fsp3) is 0.667. The van der Waals surface area contributed by atoms with Crippen LogP contribution in [-0.4, -0.2) is 35.2 Å². The molecule has 5 nitrogen and oxygen atoms in total. The Bertz CT molecular complexity index is 474. The third-order valence-corrected chi connectivity index (χ3v) is 4.80. The summed E-state index contributed by atoms with van der Waals surface area (Å²) in [6.07, 6.45) is 3.20. The fourth-order valence-electron chi connectivity index (χ4n) is 2.59. The highest BCUT2D eigenvalue weighted by molar-refractivity contribution is 7.16. The molecule has 6 heteroatoms. The van der Waals surface area contributed by atoms with Crippen LogP contribution in [0.25, 0.3) is 0 Å². The summed E-state index contributed by atoms with van der Waals surface area (Å²) in [7, 11) is 0. The van der Waals surface area contributed by atoms with Crippen molar-refractivity contribution in [2.24, 2.45) is 11.7 Å². The summed E-state index contributed by atoms with van der Waals surface area (Å²) < 4.78 is 0. The van der Waals surface area contributed by atoms with Crippen molar-refractivity contribution in [3.63, 3.8) is 0 Å². The van der Waals surface area contributed by atoms with Crippen molar-refractivity contribution in [2.45, 2.75) is 31.7 Å². The number of hydrogen-bond acceptors (Lipinski definition) is 5. The first-order chi connectivity index (χ1) is 8.67. The van der Waals surface area contributed by atoms with Gasteiger partial charge in [0.2, 0.25) is 5.91 Å². The summed E-state index contributed by atoms with van der Waals surface area (Å²) >= 11 is 1.58. The molecular formula is C12H17N3O2S. The monoisotopic (exact) mass is 267 g/mol. The molecule has 1 saturated heterocycles. The van der Waals surface area contributed by atoms with Crippen LogP contribution in [0.15, 0.2) is 0 Å². The molecule has 2 aliphatic rings. The number of carbonyl (C=O) groups excluding carboxylic acids is 1. The minimum atomic E-state index is 0.0562. The lowest BCUT2D eigenvalue weighted by molar-refractivity contribution is -0.117. The molecule has 3 N–H and O–H groups in total. The maximum absolute atomic E-state index is 11.9. The fourth-order valence-corrected chi connectivity index (χ4v) is 3.82. The largest absolute Gasteiger partial charge is 0.396 e. The number of rotatable bonds is 2. The van der Waals surface area contributed by atoms with Crippen molar-refractivity contribution >= 4 is 22.4 Å². The summed E-state index contributed by atoms with van der Waals surface area (Å²) in [5.74, 6) is 0.130. The highest BCUT2D eigenvalue weighted by Crippen LogP contribution is 2.34. The van der Waals surface area contributed by atoms with Crippen LogP contribution in [-0.2, 0) is 17.6 Å². The average Bonchev–Trinajstić information content (AvgIpc) is 2.91. The molecule has 0 spiro atoms. The number of fused-ring (bicyclic) bond motifs is 1. The smallest absolute Gasteiger partial charge is 0.229 e. The van der Waals surface area contributed by atoms with E-state index < -0.39 is 0 Å². The van der Waals surface area contributed by atoms with Gasteiger partial charge in [0.15, 0.2) is 5.13 Å². The first kappa shape index (κ1) is 12.1. The van der Waals surface area contributed by atoms with Crippen LogP contribution in [0.2, 0.25) is 0 Å². The Morgan fingerprint density at radius 3 is 3.06 bits per heavy atom. The molecule has 1 aromatic rings. The van der Waals surface area contributed by atoms with E-state index in [-0.39, 0.29) is 24.5 Å². The van der Waals surface area contributed by atoms with Gasteiger partial charge in [-0.15, -0.1) is 11.3 Å². The first-order valence-corrected chi connectivity index (χ1v) is 7.14. The molecule has 2 heterocycles. The maximum atomic E-state index is 11.9. The lowest BCUT2D eigenvalue weighted by atomic mass is 9.99. The van der Waals surface area contributed by atoms with Gasteiger partial charge in [0.25, 0.3) is 0 Å². The summed E-state index contributed by atoms with van der Waals surface area (Å²) in [5, 5.41) is 9.92. The SMILES string of the molecule is N[C@H]1CCc2nc(N3CC(CO)CC3=O)sc2C1. The van der Waals surface area contributed by atoms with E-state index >= 15 is 0 Å². The zero-order chi connectivity index (χ0) is 12.7. The van der Waals surface area contributed by atoms with Gasteiger partial charge in [0, 0.05) is 36.4 Å². The number of nitrogens with zero attached hydrogens (tertiary/aromatic N) is 2. The highest BCUT2D eigenvalue weighted by Gasteiger charge is 2.33. The van der Waals surface area contributed by atoms with E-state index in [1.165, 1.54) is 4.88 Å². The Kier molecular flexibility index (Phi) is 3.09. The van der Waals surface area contributed by atoms with E-state index in [1.54, 1.807) is 16.2 Å². The van der Waals surface area contributed by atoms with Crippen molar-refractivity contribution in [1.82, 2.24) is 4.98 Å². The van der Waals surface area contributed by atoms with Gasteiger partial charge in [-0.2, -0.15) is 0 Å². The van der Waals surface area contributed by atoms with E-state index in [4.69, 9.17) is 10.8 Å². The lowest BCUT2D eigenvalue weighted by Gasteiger charge is -2.15. The van der Waals surface area contributed by atoms with Crippen LogP contribution in [0, 0.1) is 5.92 Å². The summed E-state index contributed by atoms with van der Waals surface area (Å²) in [5.41, 5.74) is 7.06. The molecule has 0 bridgehead atoms. The van der Waals surface area contributed by atoms with Gasteiger partial charge in [0.1, 0.15) is 0 Å². The van der Waals surface area contributed by atoms with Gasteiger partial charge >= 0.3 is 0 Å². The molecule has 1 aromatic heterocycles. The molecule has 0 saturated carbocycles. The van der Waals surface area contributed by atoms with Gasteiger partial charge in [0.05, 0.1) is 5.69 Å². The van der Waals surface area contributed by atoms with Crippen molar-refractivity contribution in [3.05, 3.63) is 10.6 Å². The molecule has 1 aliphatic heterocycles.